The van der Waals surface area contributed by atoms with Crippen LogP contribution >= 0.6 is 0 Å². The normalized spacial score (nSPS) is 35.6. The average Bonchev–Trinajstić information content (AvgIpc) is 3.24. The van der Waals surface area contributed by atoms with Crippen LogP contribution in [0.15, 0.2) is 48.1 Å². The summed E-state index contributed by atoms with van der Waals surface area (Å²) >= 11 is 0. The number of phenols is 1. The largest absolute Gasteiger partial charge is 0.507 e. The monoisotopic (exact) mass is 661 g/mol. The quantitative estimate of drug-likeness (QED) is 0.201. The Labute approximate surface area is 274 Å². The summed E-state index contributed by atoms with van der Waals surface area (Å²) in [5.74, 6) is -3.86. The molecule has 4 aliphatic carbocycles. The lowest BCUT2D eigenvalue weighted by molar-refractivity contribution is -0.219. The van der Waals surface area contributed by atoms with Gasteiger partial charge in [-0.2, -0.15) is 0 Å². The Kier molecular flexibility index (Phi) is 11.2. The van der Waals surface area contributed by atoms with Gasteiger partial charge in [0.2, 0.25) is 5.78 Å². The fourth-order valence-electron chi connectivity index (χ4n) is 9.12. The molecular weight excluding hydrogens is 613 g/mol. The summed E-state index contributed by atoms with van der Waals surface area (Å²) in [5.41, 5.74) is -5.78. The summed E-state index contributed by atoms with van der Waals surface area (Å²) in [6.45, 7) is 6.06. The first-order valence-electron chi connectivity index (χ1n) is 16.2. The fraction of sp³-hybridized carbons (Fsp3) is 0.629. The minimum Gasteiger partial charge on any atom is -0.507 e. The van der Waals surface area contributed by atoms with Crippen molar-refractivity contribution in [1.82, 2.24) is 4.90 Å². The number of rotatable bonds is 10. The smallest absolute Gasteiger partial charge is 0.342 e. The number of phenolic OH excluding ortho intramolecular Hbond substituents is 1. The SMILES string of the molecule is C[C@H]1C[C@H]2[C@@H]3CCC4=CC(=O)C=C[C@]4(C)[C@@]3(F)[C@@H](O)C[C@]2(C)[C@@]1(OC(=O)c1ccccc1O)C(=O)CO.OCCN(CCO)CCO. The third-order valence-electron chi connectivity index (χ3n) is 11.4. The summed E-state index contributed by atoms with van der Waals surface area (Å²) in [6.07, 6.45) is 3.84. The molecular formula is C35H48FNO10. The second kappa shape index (κ2) is 14.2. The Hall–Kier alpha value is -3.00. The standard InChI is InChI=1S/C29H33FO7.C6H15NO3/c1-16-12-21-20-9-8-17-13-18(32)10-11-26(17,2)28(20,30)23(34)14-27(21,3)29(16,24(35)15-31)37-25(36)19-6-4-5-7-22(19)33;8-4-1-7(2-5-9)3-6-10/h4-7,10-11,13,16,20-21,23,31,33-34H,8-9,12,14-15H2,1-3H3;8-10H,1-6H2/t16-,20-,21-,23-,26-,27-,28-,29-;/m0./s1. The molecule has 3 fully saturated rings. The molecule has 0 unspecified atom stereocenters. The number of Topliss-reactive ketones (excluding diaryl/α,β-unsaturated/α-hetero) is 1. The van der Waals surface area contributed by atoms with Crippen LogP contribution in [-0.4, -0.2) is 117 Å². The van der Waals surface area contributed by atoms with E-state index in [0.717, 1.165) is 0 Å². The molecule has 6 N–H and O–H groups in total. The summed E-state index contributed by atoms with van der Waals surface area (Å²) in [6, 6.07) is 5.81. The van der Waals surface area contributed by atoms with Gasteiger partial charge in [-0.1, -0.05) is 37.6 Å². The number of hydrogen-bond acceptors (Lipinski definition) is 11. The zero-order valence-corrected chi connectivity index (χ0v) is 27.3. The number of nitrogens with zero attached hydrogens (tertiary/aromatic N) is 1. The van der Waals surface area contributed by atoms with E-state index >= 15 is 4.39 Å². The van der Waals surface area contributed by atoms with Gasteiger partial charge in [0.15, 0.2) is 17.1 Å². The Morgan fingerprint density at radius 3 is 2.21 bits per heavy atom. The van der Waals surface area contributed by atoms with E-state index in [1.807, 2.05) is 0 Å². The summed E-state index contributed by atoms with van der Waals surface area (Å²) in [5, 5.41) is 57.2. The van der Waals surface area contributed by atoms with E-state index in [9.17, 15) is 29.7 Å². The highest BCUT2D eigenvalue weighted by molar-refractivity contribution is 6.01. The van der Waals surface area contributed by atoms with Gasteiger partial charge < -0.3 is 35.4 Å². The van der Waals surface area contributed by atoms with Gasteiger partial charge in [-0.05, 0) is 62.8 Å². The lowest BCUT2D eigenvalue weighted by atomic mass is 9.44. The minimum absolute atomic E-state index is 0.0694. The molecule has 1 aromatic rings. The molecule has 0 aliphatic heterocycles. The van der Waals surface area contributed by atoms with E-state index in [-0.39, 0.29) is 43.3 Å². The summed E-state index contributed by atoms with van der Waals surface area (Å²) in [7, 11) is 0. The molecule has 0 bridgehead atoms. The van der Waals surface area contributed by atoms with Crippen LogP contribution in [0.5, 0.6) is 5.75 Å². The molecule has 47 heavy (non-hydrogen) atoms. The maximum atomic E-state index is 17.4. The van der Waals surface area contributed by atoms with Crippen molar-refractivity contribution in [2.45, 2.75) is 63.8 Å². The van der Waals surface area contributed by atoms with Crippen LogP contribution in [-0.2, 0) is 14.3 Å². The van der Waals surface area contributed by atoms with E-state index in [4.69, 9.17) is 20.1 Å². The fourth-order valence-corrected chi connectivity index (χ4v) is 9.12. The average molecular weight is 662 g/mol. The Bertz CT molecular complexity index is 1390. The van der Waals surface area contributed by atoms with Crippen molar-refractivity contribution in [2.75, 3.05) is 46.1 Å². The van der Waals surface area contributed by atoms with Crippen LogP contribution in [0, 0.1) is 28.6 Å². The number of alkyl halides is 1. The molecule has 0 amide bonds. The number of allylic oxidation sites excluding steroid dienone is 4. The van der Waals surface area contributed by atoms with Gasteiger partial charge in [0.05, 0.1) is 25.9 Å². The minimum atomic E-state index is -2.10. The number of aliphatic hydroxyl groups is 5. The highest BCUT2D eigenvalue weighted by Gasteiger charge is 2.77. The van der Waals surface area contributed by atoms with E-state index in [1.165, 1.54) is 24.3 Å². The van der Waals surface area contributed by atoms with Crippen molar-refractivity contribution in [3.05, 3.63) is 53.6 Å². The van der Waals surface area contributed by atoms with Crippen molar-refractivity contribution in [3.8, 4) is 5.75 Å². The number of fused-ring (bicyclic) bond motifs is 5. The van der Waals surface area contributed by atoms with Crippen LogP contribution in [0.25, 0.3) is 0 Å². The topological polar surface area (TPSA) is 185 Å². The Morgan fingerprint density at radius 2 is 1.64 bits per heavy atom. The summed E-state index contributed by atoms with van der Waals surface area (Å²) in [4.78, 5) is 40.6. The summed E-state index contributed by atoms with van der Waals surface area (Å²) < 4.78 is 23.4. The third kappa shape index (κ3) is 5.97. The molecule has 0 saturated heterocycles. The van der Waals surface area contributed by atoms with E-state index in [0.29, 0.717) is 44.5 Å². The van der Waals surface area contributed by atoms with Gasteiger partial charge in [-0.25, -0.2) is 9.18 Å². The second-order valence-electron chi connectivity index (χ2n) is 13.6. The maximum absolute atomic E-state index is 17.4. The van der Waals surface area contributed by atoms with Gasteiger partial charge in [-0.15, -0.1) is 0 Å². The zero-order chi connectivity index (χ0) is 34.8. The lowest BCUT2D eigenvalue weighted by Crippen LogP contribution is -2.70. The number of carbonyl (C=O) groups excluding carboxylic acids is 3. The number of ketones is 2. The number of para-hydroxylation sites is 1. The van der Waals surface area contributed by atoms with Gasteiger partial charge in [0.25, 0.3) is 0 Å². The highest BCUT2D eigenvalue weighted by atomic mass is 19.1. The molecule has 0 aromatic heterocycles. The molecule has 0 radical (unpaired) electrons. The number of ether oxygens (including phenoxy) is 1. The first-order chi connectivity index (χ1) is 22.2. The number of hydrogen-bond donors (Lipinski definition) is 6. The van der Waals surface area contributed by atoms with Crippen molar-refractivity contribution in [3.63, 3.8) is 0 Å². The number of halogens is 1. The molecule has 0 spiro atoms. The molecule has 4 aliphatic rings. The van der Waals surface area contributed by atoms with Crippen molar-refractivity contribution < 1.29 is 54.2 Å². The van der Waals surface area contributed by atoms with Gasteiger partial charge in [0.1, 0.15) is 17.9 Å². The number of aromatic hydroxyl groups is 1. The lowest BCUT2D eigenvalue weighted by Gasteiger charge is -2.62. The second-order valence-corrected chi connectivity index (χ2v) is 13.6. The number of carbonyl (C=O) groups is 3. The van der Waals surface area contributed by atoms with Crippen LogP contribution in [0.1, 0.15) is 56.8 Å². The molecule has 1 aromatic carbocycles. The molecule has 3 saturated carbocycles. The Balaban J connectivity index is 0.000000434. The predicted molar refractivity (Wildman–Crippen MR) is 169 cm³/mol. The zero-order valence-electron chi connectivity index (χ0n) is 27.3. The molecule has 0 heterocycles. The van der Waals surface area contributed by atoms with Gasteiger partial charge in [0, 0.05) is 42.3 Å². The van der Waals surface area contributed by atoms with E-state index in [1.54, 1.807) is 43.9 Å². The molecule has 260 valence electrons. The van der Waals surface area contributed by atoms with E-state index in [2.05, 4.69) is 0 Å². The first kappa shape index (κ1) is 36.8. The van der Waals surface area contributed by atoms with Crippen LogP contribution in [0.4, 0.5) is 4.39 Å². The predicted octanol–water partition coefficient (Wildman–Crippen LogP) is 1.73. The van der Waals surface area contributed by atoms with Gasteiger partial charge >= 0.3 is 5.97 Å². The Morgan fingerprint density at radius 1 is 1.02 bits per heavy atom. The molecule has 12 heteroatoms. The number of aliphatic hydroxyl groups excluding tert-OH is 5. The van der Waals surface area contributed by atoms with Gasteiger partial charge in [-0.3, -0.25) is 14.5 Å². The molecule has 11 nitrogen and oxygen atoms in total. The van der Waals surface area contributed by atoms with Crippen LogP contribution in [0.2, 0.25) is 0 Å². The first-order valence-corrected chi connectivity index (χ1v) is 16.2. The number of esters is 1. The molecule has 5 rings (SSSR count). The van der Waals surface area contributed by atoms with Crippen LogP contribution in [0.3, 0.4) is 0 Å². The third-order valence-corrected chi connectivity index (χ3v) is 11.4. The van der Waals surface area contributed by atoms with Crippen molar-refractivity contribution in [1.29, 1.82) is 0 Å². The molecule has 8 atom stereocenters. The maximum Gasteiger partial charge on any atom is 0.342 e. The van der Waals surface area contributed by atoms with Crippen molar-refractivity contribution >= 4 is 17.5 Å². The van der Waals surface area contributed by atoms with Crippen LogP contribution < -0.4 is 0 Å². The van der Waals surface area contributed by atoms with E-state index < -0.39 is 64.3 Å². The van der Waals surface area contributed by atoms with Crippen molar-refractivity contribution in [2.24, 2.45) is 28.6 Å². The highest BCUT2D eigenvalue weighted by Crippen LogP contribution is 2.71. The number of benzene rings is 1.